The molecule has 0 radical (unpaired) electrons. The van der Waals surface area contributed by atoms with Gasteiger partial charge >= 0.3 is 0 Å². The average Bonchev–Trinajstić information content (AvgIpc) is 3.24. The van der Waals surface area contributed by atoms with Gasteiger partial charge in [-0.05, 0) is 48.7 Å². The summed E-state index contributed by atoms with van der Waals surface area (Å²) >= 11 is 1.01. The minimum Gasteiger partial charge on any atom is -0.388 e. The van der Waals surface area contributed by atoms with Gasteiger partial charge in [0, 0.05) is 30.2 Å². The number of aryl methyl sites for hydroxylation is 1. The van der Waals surface area contributed by atoms with Gasteiger partial charge < -0.3 is 20.9 Å². The molecule has 1 aromatic carbocycles. The number of carbonyl (C=O) groups is 1. The summed E-state index contributed by atoms with van der Waals surface area (Å²) in [7, 11) is 0. The van der Waals surface area contributed by atoms with E-state index in [0.717, 1.165) is 54.4 Å². The standard InChI is InChI=1S/C25H28F2N4O3S/c1-3-20(32)16-10-18(26)23(19(27)11-16)21-12-17(24(28)33)25(35-21)30-22-5-4-15(14(2)29-22)13-31-6-8-34-9-7-31/h4-5,10-12,20,32H,3,6-9,13H2,1-2H3,(H2,28,33)(H,29,30). The minimum absolute atomic E-state index is 0.110. The molecule has 1 saturated heterocycles. The van der Waals surface area contributed by atoms with Crippen LogP contribution in [0, 0.1) is 18.6 Å². The molecule has 1 unspecified atom stereocenters. The number of nitrogens with two attached hydrogens (primary N) is 1. The van der Waals surface area contributed by atoms with Gasteiger partial charge in [-0.3, -0.25) is 9.69 Å². The third kappa shape index (κ3) is 5.67. The van der Waals surface area contributed by atoms with E-state index in [2.05, 4.69) is 15.2 Å². The molecular formula is C25H28F2N4O3S. The number of ether oxygens (including phenoxy) is 1. The highest BCUT2D eigenvalue weighted by molar-refractivity contribution is 7.20. The summed E-state index contributed by atoms with van der Waals surface area (Å²) in [5.74, 6) is -1.88. The van der Waals surface area contributed by atoms with E-state index in [-0.39, 0.29) is 21.6 Å². The summed E-state index contributed by atoms with van der Waals surface area (Å²) < 4.78 is 35.1. The summed E-state index contributed by atoms with van der Waals surface area (Å²) in [5, 5.41) is 13.4. The number of benzene rings is 1. The van der Waals surface area contributed by atoms with Gasteiger partial charge in [-0.1, -0.05) is 13.0 Å². The van der Waals surface area contributed by atoms with Gasteiger partial charge in [-0.15, -0.1) is 11.3 Å². The maximum absolute atomic E-state index is 14.8. The molecule has 0 saturated carbocycles. The number of aliphatic hydroxyl groups excluding tert-OH is 1. The van der Waals surface area contributed by atoms with Crippen LogP contribution in [0.4, 0.5) is 19.6 Å². The molecule has 0 bridgehead atoms. The summed E-state index contributed by atoms with van der Waals surface area (Å²) in [6.07, 6.45) is -0.635. The van der Waals surface area contributed by atoms with Crippen LogP contribution in [0.2, 0.25) is 0 Å². The molecule has 2 aromatic heterocycles. The first kappa shape index (κ1) is 25.2. The Kier molecular flexibility index (Phi) is 7.75. The van der Waals surface area contributed by atoms with Crippen molar-refractivity contribution in [1.29, 1.82) is 0 Å². The lowest BCUT2D eigenvalue weighted by molar-refractivity contribution is 0.0340. The van der Waals surface area contributed by atoms with Crippen LogP contribution in [0.25, 0.3) is 10.4 Å². The van der Waals surface area contributed by atoms with E-state index in [0.29, 0.717) is 30.5 Å². The van der Waals surface area contributed by atoms with E-state index in [9.17, 15) is 18.7 Å². The highest BCUT2D eigenvalue weighted by Crippen LogP contribution is 2.40. The maximum atomic E-state index is 14.8. The Morgan fingerprint density at radius 1 is 1.26 bits per heavy atom. The summed E-state index contributed by atoms with van der Waals surface area (Å²) in [4.78, 5) is 19.2. The number of nitrogens with zero attached hydrogens (tertiary/aromatic N) is 2. The molecule has 4 rings (SSSR count). The first-order valence-electron chi connectivity index (χ1n) is 11.4. The smallest absolute Gasteiger partial charge is 0.251 e. The second-order valence-corrected chi connectivity index (χ2v) is 9.51. The van der Waals surface area contributed by atoms with Crippen molar-refractivity contribution in [1.82, 2.24) is 9.88 Å². The van der Waals surface area contributed by atoms with Crippen LogP contribution in [0.3, 0.4) is 0 Å². The molecule has 35 heavy (non-hydrogen) atoms. The van der Waals surface area contributed by atoms with Gasteiger partial charge in [-0.2, -0.15) is 0 Å². The summed E-state index contributed by atoms with van der Waals surface area (Å²) in [6.45, 7) is 7.55. The fraction of sp³-hybridized carbons (Fsp3) is 0.360. The Labute approximate surface area is 206 Å². The second-order valence-electron chi connectivity index (χ2n) is 8.46. The quantitative estimate of drug-likeness (QED) is 0.419. The van der Waals surface area contributed by atoms with Crippen LogP contribution in [0.5, 0.6) is 0 Å². The number of carbonyl (C=O) groups excluding carboxylic acids is 1. The van der Waals surface area contributed by atoms with Crippen molar-refractivity contribution >= 4 is 28.1 Å². The summed E-state index contributed by atoms with van der Waals surface area (Å²) in [5.41, 5.74) is 7.46. The molecule has 1 fully saturated rings. The number of thiophene rings is 1. The van der Waals surface area contributed by atoms with Crippen molar-refractivity contribution < 1.29 is 23.4 Å². The van der Waals surface area contributed by atoms with E-state index in [1.807, 2.05) is 13.0 Å². The lowest BCUT2D eigenvalue weighted by Gasteiger charge is -2.27. The van der Waals surface area contributed by atoms with Gasteiger partial charge in [0.25, 0.3) is 5.91 Å². The number of aromatic nitrogens is 1. The molecule has 10 heteroatoms. The third-order valence-corrected chi connectivity index (χ3v) is 7.08. The van der Waals surface area contributed by atoms with Crippen molar-refractivity contribution in [3.8, 4) is 10.4 Å². The Bertz CT molecular complexity index is 1200. The van der Waals surface area contributed by atoms with Gasteiger partial charge in [0.2, 0.25) is 0 Å². The first-order valence-corrected chi connectivity index (χ1v) is 12.2. The predicted molar refractivity (Wildman–Crippen MR) is 132 cm³/mol. The minimum atomic E-state index is -0.963. The normalized spacial score (nSPS) is 15.2. The molecule has 1 amide bonds. The van der Waals surface area contributed by atoms with Crippen LogP contribution in [0.1, 0.15) is 46.6 Å². The van der Waals surface area contributed by atoms with Crippen molar-refractivity contribution in [3.63, 3.8) is 0 Å². The molecule has 7 nitrogen and oxygen atoms in total. The molecule has 0 aliphatic carbocycles. The predicted octanol–water partition coefficient (Wildman–Crippen LogP) is 4.51. The molecule has 1 atom stereocenters. The molecule has 4 N–H and O–H groups in total. The number of halogens is 2. The largest absolute Gasteiger partial charge is 0.388 e. The fourth-order valence-corrected chi connectivity index (χ4v) is 5.11. The highest BCUT2D eigenvalue weighted by atomic mass is 32.1. The number of amides is 1. The Balaban J connectivity index is 1.60. The van der Waals surface area contributed by atoms with Crippen molar-refractivity contribution in [2.24, 2.45) is 5.73 Å². The first-order chi connectivity index (χ1) is 16.8. The topological polar surface area (TPSA) is 101 Å². The molecular weight excluding hydrogens is 474 g/mol. The van der Waals surface area contributed by atoms with Crippen LogP contribution in [-0.4, -0.2) is 47.2 Å². The third-order valence-electron chi connectivity index (χ3n) is 6.01. The number of aliphatic hydroxyl groups is 1. The zero-order valence-corrected chi connectivity index (χ0v) is 20.4. The number of anilines is 2. The van der Waals surface area contributed by atoms with E-state index >= 15 is 0 Å². The van der Waals surface area contributed by atoms with Crippen LogP contribution >= 0.6 is 11.3 Å². The number of rotatable bonds is 8. The van der Waals surface area contributed by atoms with Crippen molar-refractivity contribution in [2.45, 2.75) is 32.9 Å². The zero-order chi connectivity index (χ0) is 25.1. The molecule has 186 valence electrons. The number of nitrogens with one attached hydrogen (secondary N) is 1. The number of pyridine rings is 1. The van der Waals surface area contributed by atoms with E-state index < -0.39 is 23.6 Å². The van der Waals surface area contributed by atoms with Crippen molar-refractivity contribution in [3.05, 3.63) is 64.4 Å². The molecule has 3 heterocycles. The Morgan fingerprint density at radius 3 is 2.54 bits per heavy atom. The average molecular weight is 503 g/mol. The van der Waals surface area contributed by atoms with E-state index in [1.54, 1.807) is 13.0 Å². The molecule has 3 aromatic rings. The highest BCUT2D eigenvalue weighted by Gasteiger charge is 2.22. The Hall–Kier alpha value is -2.92. The molecule has 0 spiro atoms. The van der Waals surface area contributed by atoms with Gasteiger partial charge in [0.15, 0.2) is 0 Å². The second kappa shape index (κ2) is 10.8. The number of hydrogen-bond donors (Lipinski definition) is 3. The number of primary amides is 1. The maximum Gasteiger partial charge on any atom is 0.251 e. The lowest BCUT2D eigenvalue weighted by atomic mass is 10.0. The summed E-state index contributed by atoms with van der Waals surface area (Å²) in [6, 6.07) is 7.36. The van der Waals surface area contributed by atoms with Crippen molar-refractivity contribution in [2.75, 3.05) is 31.6 Å². The Morgan fingerprint density at radius 2 is 1.94 bits per heavy atom. The van der Waals surface area contributed by atoms with E-state index in [1.165, 1.54) is 6.07 Å². The molecule has 1 aliphatic heterocycles. The van der Waals surface area contributed by atoms with E-state index in [4.69, 9.17) is 10.5 Å². The van der Waals surface area contributed by atoms with Gasteiger partial charge in [0.1, 0.15) is 22.5 Å². The SMILES string of the molecule is CCC(O)c1cc(F)c(-c2cc(C(N)=O)c(Nc3ccc(CN4CCOCC4)c(C)n3)s2)c(F)c1. The van der Waals surface area contributed by atoms with Crippen LogP contribution in [-0.2, 0) is 11.3 Å². The number of morpholine rings is 1. The zero-order valence-electron chi connectivity index (χ0n) is 19.6. The fourth-order valence-electron chi connectivity index (χ4n) is 3.99. The van der Waals surface area contributed by atoms with Crippen LogP contribution < -0.4 is 11.1 Å². The van der Waals surface area contributed by atoms with Gasteiger partial charge in [-0.25, -0.2) is 13.8 Å². The van der Waals surface area contributed by atoms with Gasteiger partial charge in [0.05, 0.1) is 30.4 Å². The van der Waals surface area contributed by atoms with Crippen LogP contribution in [0.15, 0.2) is 30.3 Å². The molecule has 1 aliphatic rings. The lowest BCUT2D eigenvalue weighted by Crippen LogP contribution is -2.35. The monoisotopic (exact) mass is 502 g/mol. The number of hydrogen-bond acceptors (Lipinski definition) is 7.